The standard InChI is InChI=1S/C19H25NO4/c1-3-4-6-20-7-5-12-8-15-16(24-11-23-15)9-13(12)18-14(20)10-17(22-2)19(18)21/h8-10,14,18-19,21H,3-7,11H2,1-2H3/t14-,18-,19+/m0/s1. The number of aliphatic hydroxyl groups excluding tert-OH is 1. The van der Waals surface area contributed by atoms with Crippen LogP contribution in [-0.2, 0) is 11.2 Å². The first-order chi connectivity index (χ1) is 11.7. The topological polar surface area (TPSA) is 51.2 Å². The number of methoxy groups -OCH3 is 1. The summed E-state index contributed by atoms with van der Waals surface area (Å²) in [7, 11) is 1.64. The number of aliphatic hydroxyl groups is 1. The van der Waals surface area contributed by atoms with Gasteiger partial charge in [-0.25, -0.2) is 0 Å². The third kappa shape index (κ3) is 2.47. The molecule has 5 nitrogen and oxygen atoms in total. The summed E-state index contributed by atoms with van der Waals surface area (Å²) in [4.78, 5) is 2.48. The minimum atomic E-state index is -0.610. The highest BCUT2D eigenvalue weighted by Crippen LogP contribution is 2.45. The average molecular weight is 331 g/mol. The van der Waals surface area contributed by atoms with Gasteiger partial charge >= 0.3 is 0 Å². The van der Waals surface area contributed by atoms with Crippen molar-refractivity contribution in [2.75, 3.05) is 27.0 Å². The van der Waals surface area contributed by atoms with Gasteiger partial charge in [0.15, 0.2) is 11.5 Å². The van der Waals surface area contributed by atoms with E-state index in [0.717, 1.165) is 37.4 Å². The van der Waals surface area contributed by atoms with E-state index in [2.05, 4.69) is 30.0 Å². The van der Waals surface area contributed by atoms with Gasteiger partial charge in [0, 0.05) is 18.5 Å². The molecule has 1 N–H and O–H groups in total. The van der Waals surface area contributed by atoms with Crippen LogP contribution >= 0.6 is 0 Å². The molecule has 1 aliphatic carbocycles. The summed E-state index contributed by atoms with van der Waals surface area (Å²) in [5.74, 6) is 2.27. The Hall–Kier alpha value is -1.72. The molecule has 130 valence electrons. The van der Waals surface area contributed by atoms with Crippen molar-refractivity contribution in [2.24, 2.45) is 0 Å². The normalized spacial score (nSPS) is 28.1. The molecule has 1 aromatic rings. The highest BCUT2D eigenvalue weighted by atomic mass is 16.7. The van der Waals surface area contributed by atoms with E-state index >= 15 is 0 Å². The lowest BCUT2D eigenvalue weighted by Crippen LogP contribution is -2.39. The molecular weight excluding hydrogens is 306 g/mol. The van der Waals surface area contributed by atoms with Crippen molar-refractivity contribution in [3.63, 3.8) is 0 Å². The lowest BCUT2D eigenvalue weighted by atomic mass is 9.87. The van der Waals surface area contributed by atoms with Gasteiger partial charge < -0.3 is 19.3 Å². The molecule has 2 aliphatic heterocycles. The maximum Gasteiger partial charge on any atom is 0.231 e. The fourth-order valence-electron chi connectivity index (χ4n) is 4.17. The average Bonchev–Trinajstić information content (AvgIpc) is 3.13. The van der Waals surface area contributed by atoms with Crippen LogP contribution < -0.4 is 9.47 Å². The Bertz CT molecular complexity index is 657. The second-order valence-electron chi connectivity index (χ2n) is 6.78. The van der Waals surface area contributed by atoms with Crippen LogP contribution in [0.3, 0.4) is 0 Å². The van der Waals surface area contributed by atoms with Crippen molar-refractivity contribution >= 4 is 0 Å². The summed E-state index contributed by atoms with van der Waals surface area (Å²) in [5.41, 5.74) is 2.41. The van der Waals surface area contributed by atoms with Crippen molar-refractivity contribution in [3.05, 3.63) is 35.1 Å². The smallest absolute Gasteiger partial charge is 0.231 e. The first-order valence-electron chi connectivity index (χ1n) is 8.83. The molecule has 3 atom stereocenters. The maximum absolute atomic E-state index is 10.9. The minimum Gasteiger partial charge on any atom is -0.499 e. The molecule has 5 heteroatoms. The molecule has 24 heavy (non-hydrogen) atoms. The minimum absolute atomic E-state index is 0.0104. The summed E-state index contributed by atoms with van der Waals surface area (Å²) in [6, 6.07) is 4.33. The van der Waals surface area contributed by atoms with E-state index in [4.69, 9.17) is 14.2 Å². The number of unbranched alkanes of at least 4 members (excludes halogenated alkanes) is 1. The summed E-state index contributed by atoms with van der Waals surface area (Å²) < 4.78 is 16.6. The molecule has 0 radical (unpaired) electrons. The lowest BCUT2D eigenvalue weighted by Gasteiger charge is -2.31. The molecular formula is C19H25NO4. The number of ether oxygens (including phenoxy) is 3. The predicted molar refractivity (Wildman–Crippen MR) is 90.4 cm³/mol. The van der Waals surface area contributed by atoms with E-state index in [9.17, 15) is 5.11 Å². The molecule has 0 spiro atoms. The van der Waals surface area contributed by atoms with Crippen molar-refractivity contribution < 1.29 is 19.3 Å². The summed E-state index contributed by atoms with van der Waals surface area (Å²) >= 11 is 0. The van der Waals surface area contributed by atoms with Crippen LogP contribution in [0.1, 0.15) is 36.8 Å². The molecule has 0 fully saturated rings. The van der Waals surface area contributed by atoms with Gasteiger partial charge in [-0.1, -0.05) is 13.3 Å². The molecule has 0 unspecified atom stereocenters. The van der Waals surface area contributed by atoms with E-state index in [1.54, 1.807) is 7.11 Å². The number of hydrogen-bond donors (Lipinski definition) is 1. The number of benzene rings is 1. The quantitative estimate of drug-likeness (QED) is 0.918. The highest BCUT2D eigenvalue weighted by Gasteiger charge is 2.43. The van der Waals surface area contributed by atoms with Crippen molar-refractivity contribution in [3.8, 4) is 11.5 Å². The Morgan fingerprint density at radius 3 is 2.83 bits per heavy atom. The van der Waals surface area contributed by atoms with Gasteiger partial charge in [0.05, 0.1) is 7.11 Å². The van der Waals surface area contributed by atoms with E-state index in [-0.39, 0.29) is 18.8 Å². The van der Waals surface area contributed by atoms with Gasteiger partial charge in [-0.15, -0.1) is 0 Å². The van der Waals surface area contributed by atoms with Gasteiger partial charge in [0.1, 0.15) is 11.9 Å². The lowest BCUT2D eigenvalue weighted by molar-refractivity contribution is 0.0997. The molecule has 0 bridgehead atoms. The second-order valence-corrected chi connectivity index (χ2v) is 6.78. The molecule has 1 aromatic carbocycles. The predicted octanol–water partition coefficient (Wildman–Crippen LogP) is 2.43. The monoisotopic (exact) mass is 331 g/mol. The second kappa shape index (κ2) is 6.30. The van der Waals surface area contributed by atoms with Gasteiger partial charge in [-0.2, -0.15) is 0 Å². The van der Waals surface area contributed by atoms with Crippen LogP contribution in [0, 0.1) is 0 Å². The fourth-order valence-corrected chi connectivity index (χ4v) is 4.17. The molecule has 0 aromatic heterocycles. The van der Waals surface area contributed by atoms with Gasteiger partial charge in [0.25, 0.3) is 0 Å². The van der Waals surface area contributed by atoms with Gasteiger partial charge in [0.2, 0.25) is 6.79 Å². The SMILES string of the molecule is CCCCN1CCc2cc3c(cc2[C@@H]2[C@H](O)C(OC)=C[C@@H]21)OCO3. The molecule has 0 amide bonds. The largest absolute Gasteiger partial charge is 0.499 e. The van der Waals surface area contributed by atoms with Gasteiger partial charge in [-0.05, 0) is 48.7 Å². The van der Waals surface area contributed by atoms with Crippen LogP contribution in [0.25, 0.3) is 0 Å². The van der Waals surface area contributed by atoms with Gasteiger partial charge in [-0.3, -0.25) is 4.90 Å². The Morgan fingerprint density at radius 1 is 1.29 bits per heavy atom. The maximum atomic E-state index is 10.9. The Labute approximate surface area is 142 Å². The summed E-state index contributed by atoms with van der Waals surface area (Å²) in [6.45, 7) is 4.51. The summed E-state index contributed by atoms with van der Waals surface area (Å²) in [5, 5.41) is 10.9. The Morgan fingerprint density at radius 2 is 2.08 bits per heavy atom. The Balaban J connectivity index is 1.75. The number of fused-ring (bicyclic) bond motifs is 4. The van der Waals surface area contributed by atoms with Crippen LogP contribution in [0.5, 0.6) is 11.5 Å². The zero-order valence-electron chi connectivity index (χ0n) is 14.3. The van der Waals surface area contributed by atoms with Crippen LogP contribution in [0.15, 0.2) is 24.0 Å². The zero-order chi connectivity index (χ0) is 16.7. The fraction of sp³-hybridized carbons (Fsp3) is 0.579. The highest BCUT2D eigenvalue weighted by molar-refractivity contribution is 5.52. The van der Waals surface area contributed by atoms with E-state index in [0.29, 0.717) is 5.76 Å². The van der Waals surface area contributed by atoms with Crippen LogP contribution in [-0.4, -0.2) is 49.1 Å². The van der Waals surface area contributed by atoms with E-state index < -0.39 is 6.10 Å². The Kier molecular flexibility index (Phi) is 4.14. The van der Waals surface area contributed by atoms with Crippen LogP contribution in [0.2, 0.25) is 0 Å². The number of rotatable bonds is 4. The number of hydrogen-bond acceptors (Lipinski definition) is 5. The van der Waals surface area contributed by atoms with Crippen molar-refractivity contribution in [1.29, 1.82) is 0 Å². The molecule has 0 saturated heterocycles. The molecule has 0 saturated carbocycles. The summed E-state index contributed by atoms with van der Waals surface area (Å²) in [6.07, 6.45) is 4.78. The molecule has 2 heterocycles. The zero-order valence-corrected chi connectivity index (χ0v) is 14.3. The first kappa shape index (κ1) is 15.8. The molecule has 3 aliphatic rings. The van der Waals surface area contributed by atoms with Crippen molar-refractivity contribution in [2.45, 2.75) is 44.2 Å². The third-order valence-electron chi connectivity index (χ3n) is 5.45. The van der Waals surface area contributed by atoms with Crippen molar-refractivity contribution in [1.82, 2.24) is 4.90 Å². The third-order valence-corrected chi connectivity index (χ3v) is 5.45. The number of nitrogens with zero attached hydrogens (tertiary/aromatic N) is 1. The van der Waals surface area contributed by atoms with E-state index in [1.165, 1.54) is 17.5 Å². The van der Waals surface area contributed by atoms with E-state index in [1.807, 2.05) is 0 Å². The van der Waals surface area contributed by atoms with Crippen LogP contribution in [0.4, 0.5) is 0 Å². The molecule has 4 rings (SSSR count). The first-order valence-corrected chi connectivity index (χ1v) is 8.83.